The number of hydrogen-bond donors (Lipinski definition) is 0. The Bertz CT molecular complexity index is 8420. The normalized spacial score (nSPS) is 10.8. The van der Waals surface area contributed by atoms with Gasteiger partial charge in [-0.3, -0.25) is 0 Å². The summed E-state index contributed by atoms with van der Waals surface area (Å²) in [5.74, 6) is 4.79. The van der Waals surface area contributed by atoms with Gasteiger partial charge in [0.25, 0.3) is 0 Å². The molecule has 0 spiro atoms. The molecule has 0 saturated heterocycles. The highest BCUT2D eigenvalue weighted by atomic mass is 35.5. The molecule has 0 aliphatic heterocycles. The molecule has 18 aromatic carbocycles. The molecule has 17 nitrogen and oxygen atoms in total. The third-order valence-corrected chi connectivity index (χ3v) is 23.9. The molecule has 25 aromatic rings. The molecule has 0 unspecified atom stereocenters. The minimum absolute atomic E-state index is 0.191. The van der Waals surface area contributed by atoms with E-state index in [1.807, 2.05) is 364 Å². The van der Waals surface area contributed by atoms with Gasteiger partial charge in [0.05, 0.1) is 33.6 Å². The Morgan fingerprint density at radius 2 is 0.420 bits per heavy atom. The van der Waals surface area contributed by atoms with Crippen LogP contribution >= 0.6 is 81.2 Å². The van der Waals surface area contributed by atoms with Crippen LogP contribution in [0.5, 0.6) is 0 Å². The lowest BCUT2D eigenvalue weighted by Crippen LogP contribution is -1.98. The number of benzene rings is 18. The Balaban J connectivity index is 0.000000106. The lowest BCUT2D eigenvalue weighted by Gasteiger charge is -2.09. The summed E-state index contributed by atoms with van der Waals surface area (Å²) in [5.41, 5.74) is 15.8. The van der Waals surface area contributed by atoms with E-state index in [0.29, 0.717) is 56.9 Å². The molecule has 0 radical (unpaired) electrons. The number of rotatable bonds is 11. The molecule has 24 heteroatoms. The van der Waals surface area contributed by atoms with Gasteiger partial charge < -0.3 is 0 Å². The molecular weight excluding hydrogens is 1920 g/mol. The van der Waals surface area contributed by atoms with Crippen molar-refractivity contribution in [2.24, 2.45) is 0 Å². The zero-order valence-electron chi connectivity index (χ0n) is 75.6. The van der Waals surface area contributed by atoms with Crippen LogP contribution in [0.25, 0.3) is 201 Å². The van der Waals surface area contributed by atoms with Gasteiger partial charge in [-0.2, -0.15) is 29.9 Å². The molecule has 7 heterocycles. The zero-order chi connectivity index (χ0) is 97.6. The van der Waals surface area contributed by atoms with Gasteiger partial charge in [0, 0.05) is 83.4 Å². The molecule has 7 aromatic heterocycles. The third-order valence-electron chi connectivity index (χ3n) is 22.6. The predicted octanol–water partition coefficient (Wildman–Crippen LogP) is 32.5. The molecular formula is C119H76Cl7N17. The topological polar surface area (TPSA) is 219 Å². The molecule has 0 bridgehead atoms. The van der Waals surface area contributed by atoms with E-state index in [9.17, 15) is 0 Å². The third kappa shape index (κ3) is 23.8. The fourth-order valence-corrected chi connectivity index (χ4v) is 17.1. The maximum Gasteiger partial charge on any atom is 0.226 e. The van der Waals surface area contributed by atoms with E-state index in [2.05, 4.69) is 171 Å². The van der Waals surface area contributed by atoms with Crippen LogP contribution in [0.2, 0.25) is 36.7 Å². The van der Waals surface area contributed by atoms with Crippen LogP contribution in [0.15, 0.2) is 461 Å². The highest BCUT2D eigenvalue weighted by Gasteiger charge is 2.19. The van der Waals surface area contributed by atoms with E-state index >= 15 is 0 Å². The first kappa shape index (κ1) is 95.1. The molecule has 0 N–H and O–H groups in total. The first-order valence-corrected chi connectivity index (χ1v) is 47.8. The van der Waals surface area contributed by atoms with Gasteiger partial charge >= 0.3 is 0 Å². The van der Waals surface area contributed by atoms with Crippen molar-refractivity contribution in [2.45, 2.75) is 0 Å². The van der Waals surface area contributed by atoms with Crippen LogP contribution in [0, 0.1) is 0 Å². The zero-order valence-corrected chi connectivity index (χ0v) is 80.9. The van der Waals surface area contributed by atoms with E-state index in [1.54, 1.807) is 6.07 Å². The summed E-state index contributed by atoms with van der Waals surface area (Å²) < 4.78 is 0. The van der Waals surface area contributed by atoms with Crippen LogP contribution in [0.4, 0.5) is 0 Å². The second-order valence-corrected chi connectivity index (χ2v) is 34.4. The van der Waals surface area contributed by atoms with Gasteiger partial charge in [0.2, 0.25) is 26.4 Å². The molecule has 0 amide bonds. The highest BCUT2D eigenvalue weighted by molar-refractivity contribution is 6.34. The monoisotopic (exact) mass is 1990 g/mol. The summed E-state index contributed by atoms with van der Waals surface area (Å²) in [5, 5.41) is 14.2. The average Bonchev–Trinajstić information content (AvgIpc) is 0.792. The van der Waals surface area contributed by atoms with Crippen molar-refractivity contribution in [3.05, 3.63) is 498 Å². The average molecular weight is 1990 g/mol. The molecule has 0 saturated carbocycles. The van der Waals surface area contributed by atoms with Gasteiger partial charge in [-0.15, -0.1) is 0 Å². The van der Waals surface area contributed by atoms with Gasteiger partial charge in [0.15, 0.2) is 46.6 Å². The van der Waals surface area contributed by atoms with Crippen LogP contribution in [0.3, 0.4) is 0 Å². The Hall–Kier alpha value is -16.8. The van der Waals surface area contributed by atoms with Crippen molar-refractivity contribution in [3.8, 4) is 125 Å². The Kier molecular flexibility index (Phi) is 30.5. The van der Waals surface area contributed by atoms with Crippen molar-refractivity contribution >= 4 is 157 Å². The first-order valence-electron chi connectivity index (χ1n) is 45.1. The SMILES string of the molecule is Clc1cc(-c2ccccc2)nc(-c2ccccc2)n1.Clc1nc(-c2ccc3ccccc3c2)c2ccccc2n1.Clc1nc(-c2cccc3ccccc23)nc(-c2cccc3ccccc23)n1.Clc1nc(-c2ccccc2)c2ccccc2n1.Clc1nc(-c2ccccc2)nc(-c2ccc3ccccc3c2)n1.Clc1nc(-c2ccccc2)nc(-c2ccccc2)n1.Clc1nc(-c2ccccc2)nc2ccccc12. The predicted molar refractivity (Wildman–Crippen MR) is 585 cm³/mol. The lowest BCUT2D eigenvalue weighted by atomic mass is 10.0. The van der Waals surface area contributed by atoms with E-state index in [-0.39, 0.29) is 26.4 Å². The van der Waals surface area contributed by atoms with Crippen LogP contribution in [-0.2, 0) is 0 Å². The van der Waals surface area contributed by atoms with Gasteiger partial charge in [-0.25, -0.2) is 54.8 Å². The maximum absolute atomic E-state index is 6.29. The Morgan fingerprint density at radius 3 is 0.839 bits per heavy atom. The van der Waals surface area contributed by atoms with Crippen LogP contribution in [-0.4, -0.2) is 84.7 Å². The summed E-state index contributed by atoms with van der Waals surface area (Å²) in [6.45, 7) is 0. The second kappa shape index (κ2) is 45.8. The largest absolute Gasteiger partial charge is 0.228 e. The van der Waals surface area contributed by atoms with Gasteiger partial charge in [0.1, 0.15) is 10.3 Å². The number of halogens is 7. The molecule has 0 aliphatic rings. The Morgan fingerprint density at radius 1 is 0.140 bits per heavy atom. The number of fused-ring (bicyclic) bond motifs is 7. The van der Waals surface area contributed by atoms with E-state index < -0.39 is 0 Å². The first-order chi connectivity index (χ1) is 70.2. The summed E-state index contributed by atoms with van der Waals surface area (Å²) in [4.78, 5) is 74.4. The molecule has 143 heavy (non-hydrogen) atoms. The summed E-state index contributed by atoms with van der Waals surface area (Å²) >= 11 is 42.7. The molecule has 686 valence electrons. The van der Waals surface area contributed by atoms with Crippen molar-refractivity contribution in [1.29, 1.82) is 0 Å². The number of para-hydroxylation sites is 3. The van der Waals surface area contributed by atoms with Crippen molar-refractivity contribution in [3.63, 3.8) is 0 Å². The second-order valence-electron chi connectivity index (χ2n) is 32.0. The fraction of sp³-hybridized carbons (Fsp3) is 0. The minimum atomic E-state index is 0.191. The standard InChI is InChI=1S/C23H14ClN3.C19H12ClN3.C18H11ClN2.C16H11ClN2.C15H10ClN3.2C14H9ClN2/c24-23-26-21(19-13-5-9-15-7-1-3-11-17(15)19)25-22(27-23)20-14-6-10-16-8-2-4-12-18(16)20;20-19-22-17(14-7-2-1-3-8-14)21-18(23-19)16-11-10-13-6-4-5-9-15(13)12-16;19-18-20-16-8-4-3-7-15(16)17(21-18)14-10-9-12-5-1-2-6-13(12)11-14;17-15-11-14(12-7-3-1-4-8-12)18-16(19-15)13-9-5-2-6-10-13;16-15-18-13(11-7-3-1-4-8-11)17-14(19-15)12-9-5-2-6-10-12;15-13-11-8-4-5-9-12(11)16-14(17-13)10-6-2-1-3-7-10;15-14-16-12-9-5-4-8-11(12)13(17-14)10-6-2-1-3-7-10/h1-14H;1-12H;1-11H;1-11H;1-10H;2*1-9H. The number of nitrogens with zero attached hydrogens (tertiary/aromatic N) is 17. The smallest absolute Gasteiger partial charge is 0.226 e. The molecule has 0 atom stereocenters. The molecule has 25 rings (SSSR count). The van der Waals surface area contributed by atoms with Gasteiger partial charge in [-0.1, -0.05) is 442 Å². The number of aromatic nitrogens is 17. The van der Waals surface area contributed by atoms with E-state index in [4.69, 9.17) is 86.2 Å². The van der Waals surface area contributed by atoms with Crippen LogP contribution in [0.1, 0.15) is 0 Å². The quantitative estimate of drug-likeness (QED) is 0.0868. The summed E-state index contributed by atoms with van der Waals surface area (Å²) in [6, 6.07) is 152. The van der Waals surface area contributed by atoms with Crippen molar-refractivity contribution < 1.29 is 0 Å². The van der Waals surface area contributed by atoms with E-state index in [1.165, 1.54) is 16.2 Å². The fourth-order valence-electron chi connectivity index (χ4n) is 15.9. The lowest BCUT2D eigenvalue weighted by molar-refractivity contribution is 1.07. The number of hydrogen-bond acceptors (Lipinski definition) is 17. The molecule has 0 fully saturated rings. The van der Waals surface area contributed by atoms with E-state index in [0.717, 1.165) is 138 Å². The van der Waals surface area contributed by atoms with Crippen molar-refractivity contribution in [1.82, 2.24) is 84.7 Å². The van der Waals surface area contributed by atoms with Crippen LogP contribution < -0.4 is 0 Å². The van der Waals surface area contributed by atoms with Gasteiger partial charge in [-0.05, 0) is 137 Å². The highest BCUT2D eigenvalue weighted by Crippen LogP contribution is 2.37. The van der Waals surface area contributed by atoms with Crippen molar-refractivity contribution in [2.75, 3.05) is 0 Å². The maximum atomic E-state index is 6.29. The minimum Gasteiger partial charge on any atom is -0.228 e. The molecule has 0 aliphatic carbocycles. The summed E-state index contributed by atoms with van der Waals surface area (Å²) in [7, 11) is 0. The Labute approximate surface area is 857 Å². The summed E-state index contributed by atoms with van der Waals surface area (Å²) in [6.07, 6.45) is 0.